The molecule has 3 aromatic carbocycles. The zero-order valence-corrected chi connectivity index (χ0v) is 23.3. The zero-order valence-electron chi connectivity index (χ0n) is 22.5. The topological polar surface area (TPSA) is 26.0 Å². The van der Waals surface area contributed by atoms with Crippen LogP contribution >= 0.6 is 11.3 Å². The van der Waals surface area contributed by atoms with E-state index < -0.39 is 0 Å². The van der Waals surface area contributed by atoms with Gasteiger partial charge in [-0.3, -0.25) is 0 Å². The molecule has 186 valence electrons. The van der Waals surface area contributed by atoms with E-state index in [0.717, 1.165) is 28.1 Å². The molecule has 0 bridgehead atoms. The van der Waals surface area contributed by atoms with Crippen molar-refractivity contribution in [2.75, 3.05) is 0 Å². The molecule has 37 heavy (non-hydrogen) atoms. The fraction of sp³-hybridized carbons (Fsp3) is 0.265. The third kappa shape index (κ3) is 4.16. The Morgan fingerprint density at radius 2 is 1.73 bits per heavy atom. The smallest absolute Gasteiger partial charge is 0.137 e. The molecule has 0 amide bonds. The molecule has 3 heteroatoms. The minimum atomic E-state index is 0.0251. The quantitative estimate of drug-likeness (QED) is 0.239. The van der Waals surface area contributed by atoms with Crippen molar-refractivity contribution in [3.05, 3.63) is 89.0 Å². The van der Waals surface area contributed by atoms with E-state index in [2.05, 4.69) is 108 Å². The van der Waals surface area contributed by atoms with E-state index in [1.165, 1.54) is 49.4 Å². The van der Waals surface area contributed by atoms with Gasteiger partial charge in [0, 0.05) is 16.3 Å². The number of thiophene rings is 1. The van der Waals surface area contributed by atoms with Crippen LogP contribution in [0, 0.1) is 12.8 Å². The average Bonchev–Trinajstić information content (AvgIpc) is 3.50. The fourth-order valence-corrected chi connectivity index (χ4v) is 6.53. The van der Waals surface area contributed by atoms with E-state index in [0.29, 0.717) is 5.92 Å². The fourth-order valence-electron chi connectivity index (χ4n) is 5.59. The molecule has 0 aliphatic heterocycles. The number of fused-ring (bicyclic) bond motifs is 3. The lowest BCUT2D eigenvalue weighted by Gasteiger charge is -2.23. The maximum absolute atomic E-state index is 6.04. The van der Waals surface area contributed by atoms with Gasteiger partial charge in [-0.05, 0) is 92.9 Å². The molecule has 0 unspecified atom stereocenters. The van der Waals surface area contributed by atoms with Gasteiger partial charge in [-0.25, -0.2) is 4.98 Å². The summed E-state index contributed by atoms with van der Waals surface area (Å²) in [6.07, 6.45) is 2.84. The molecule has 6 rings (SSSR count). The summed E-state index contributed by atoms with van der Waals surface area (Å²) in [4.78, 5) is 6.28. The summed E-state index contributed by atoms with van der Waals surface area (Å²) in [5.41, 5.74) is 9.54. The van der Waals surface area contributed by atoms with E-state index in [1.54, 1.807) is 11.3 Å². The van der Waals surface area contributed by atoms with Gasteiger partial charge in [-0.1, -0.05) is 71.0 Å². The minimum absolute atomic E-state index is 0.0251. The van der Waals surface area contributed by atoms with Crippen molar-refractivity contribution >= 4 is 43.3 Å². The Kier molecular flexibility index (Phi) is 5.72. The Morgan fingerprint density at radius 1 is 0.919 bits per heavy atom. The SMILES string of the molecule is Cc1csc2nc(-c3cc(C(C)(C)C)c4ccccc4c3)cc(-c3ccc(CC(C)C)c4occc34)c12. The van der Waals surface area contributed by atoms with Gasteiger partial charge in [-0.2, -0.15) is 0 Å². The van der Waals surface area contributed by atoms with Crippen LogP contribution < -0.4 is 0 Å². The predicted molar refractivity (Wildman–Crippen MR) is 160 cm³/mol. The highest BCUT2D eigenvalue weighted by molar-refractivity contribution is 7.17. The normalized spacial score (nSPS) is 12.4. The van der Waals surface area contributed by atoms with E-state index >= 15 is 0 Å². The van der Waals surface area contributed by atoms with Crippen LogP contribution in [0.25, 0.3) is 54.3 Å². The number of aryl methyl sites for hydroxylation is 1. The van der Waals surface area contributed by atoms with Crippen LogP contribution in [0.1, 0.15) is 51.3 Å². The Hall–Kier alpha value is -3.43. The summed E-state index contributed by atoms with van der Waals surface area (Å²) >= 11 is 1.73. The van der Waals surface area contributed by atoms with E-state index in [-0.39, 0.29) is 5.41 Å². The molecular formula is C34H33NOS. The predicted octanol–water partition coefficient (Wildman–Crippen LogP) is 10.3. The van der Waals surface area contributed by atoms with Gasteiger partial charge in [0.1, 0.15) is 10.4 Å². The molecule has 3 heterocycles. The molecule has 6 aromatic rings. The minimum Gasteiger partial charge on any atom is -0.464 e. The third-order valence-electron chi connectivity index (χ3n) is 7.31. The molecule has 0 aliphatic carbocycles. The van der Waals surface area contributed by atoms with Crippen molar-refractivity contribution in [3.8, 4) is 22.4 Å². The van der Waals surface area contributed by atoms with E-state index in [4.69, 9.17) is 9.40 Å². The van der Waals surface area contributed by atoms with Crippen LogP contribution in [0.15, 0.2) is 76.7 Å². The van der Waals surface area contributed by atoms with E-state index in [9.17, 15) is 0 Å². The van der Waals surface area contributed by atoms with Gasteiger partial charge in [0.15, 0.2) is 0 Å². The Labute approximate surface area is 223 Å². The van der Waals surface area contributed by atoms with Gasteiger partial charge in [0.2, 0.25) is 0 Å². The lowest BCUT2D eigenvalue weighted by molar-refractivity contribution is 0.595. The number of aromatic nitrogens is 1. The highest BCUT2D eigenvalue weighted by atomic mass is 32.1. The Bertz CT molecular complexity index is 1780. The van der Waals surface area contributed by atoms with Gasteiger partial charge in [0.25, 0.3) is 0 Å². The molecular weight excluding hydrogens is 470 g/mol. The molecule has 0 N–H and O–H groups in total. The van der Waals surface area contributed by atoms with Crippen LogP contribution in [0.5, 0.6) is 0 Å². The van der Waals surface area contributed by atoms with Crippen molar-refractivity contribution < 1.29 is 4.42 Å². The first-order valence-corrected chi connectivity index (χ1v) is 14.0. The van der Waals surface area contributed by atoms with E-state index in [1.807, 2.05) is 6.26 Å². The maximum Gasteiger partial charge on any atom is 0.137 e. The summed E-state index contributed by atoms with van der Waals surface area (Å²) in [5.74, 6) is 0.572. The molecule has 2 nitrogen and oxygen atoms in total. The number of hydrogen-bond acceptors (Lipinski definition) is 3. The standard InChI is InChI=1S/C34H33NOS/c1-20(2)15-23-11-12-26(27-13-14-36-32(23)27)28-18-30(35-33-31(28)21(3)19-37-33)24-16-22-9-7-8-10-25(22)29(17-24)34(4,5)6/h7-14,16-20H,15H2,1-6H3. The highest BCUT2D eigenvalue weighted by Crippen LogP contribution is 2.42. The molecule has 0 saturated heterocycles. The van der Waals surface area contributed by atoms with Crippen molar-refractivity contribution in [1.82, 2.24) is 4.98 Å². The lowest BCUT2D eigenvalue weighted by atomic mass is 9.82. The number of pyridine rings is 1. The lowest BCUT2D eigenvalue weighted by Crippen LogP contribution is -2.12. The summed E-state index contributed by atoms with van der Waals surface area (Å²) in [5, 5.41) is 7.21. The van der Waals surface area contributed by atoms with Gasteiger partial charge >= 0.3 is 0 Å². The first-order valence-electron chi connectivity index (χ1n) is 13.1. The molecule has 0 spiro atoms. The molecule has 0 fully saturated rings. The Morgan fingerprint density at radius 3 is 2.51 bits per heavy atom. The first-order chi connectivity index (χ1) is 17.7. The third-order valence-corrected chi connectivity index (χ3v) is 8.30. The maximum atomic E-state index is 6.04. The second kappa shape index (κ2) is 8.85. The number of benzene rings is 3. The summed E-state index contributed by atoms with van der Waals surface area (Å²) in [6, 6.07) is 22.3. The van der Waals surface area contributed by atoms with Crippen LogP contribution in [-0.4, -0.2) is 4.98 Å². The Balaban J connectivity index is 1.62. The van der Waals surface area contributed by atoms with Crippen LogP contribution in [-0.2, 0) is 11.8 Å². The van der Waals surface area contributed by atoms with Crippen LogP contribution in [0.4, 0.5) is 0 Å². The number of hydrogen-bond donors (Lipinski definition) is 0. The molecule has 0 saturated carbocycles. The first kappa shape index (κ1) is 23.9. The van der Waals surface area contributed by atoms with Crippen molar-refractivity contribution in [1.29, 1.82) is 0 Å². The molecule has 0 atom stereocenters. The molecule has 0 aliphatic rings. The summed E-state index contributed by atoms with van der Waals surface area (Å²) in [7, 11) is 0. The van der Waals surface area contributed by atoms with Gasteiger partial charge in [-0.15, -0.1) is 11.3 Å². The van der Waals surface area contributed by atoms with Gasteiger partial charge < -0.3 is 4.42 Å². The van der Waals surface area contributed by atoms with Crippen LogP contribution in [0.3, 0.4) is 0 Å². The van der Waals surface area contributed by atoms with Crippen LogP contribution in [0.2, 0.25) is 0 Å². The number of furan rings is 1. The van der Waals surface area contributed by atoms with Gasteiger partial charge in [0.05, 0.1) is 12.0 Å². The second-order valence-electron chi connectivity index (χ2n) is 11.7. The largest absolute Gasteiger partial charge is 0.464 e. The second-order valence-corrected chi connectivity index (χ2v) is 12.5. The van der Waals surface area contributed by atoms with Crippen molar-refractivity contribution in [2.45, 2.75) is 53.4 Å². The number of nitrogens with zero attached hydrogens (tertiary/aromatic N) is 1. The summed E-state index contributed by atoms with van der Waals surface area (Å²) < 4.78 is 6.04. The monoisotopic (exact) mass is 503 g/mol. The average molecular weight is 504 g/mol. The highest BCUT2D eigenvalue weighted by Gasteiger charge is 2.21. The molecule has 3 aromatic heterocycles. The van der Waals surface area contributed by atoms with Crippen molar-refractivity contribution in [3.63, 3.8) is 0 Å². The van der Waals surface area contributed by atoms with Crippen molar-refractivity contribution in [2.24, 2.45) is 5.92 Å². The number of rotatable bonds is 4. The molecule has 0 radical (unpaired) electrons. The zero-order chi connectivity index (χ0) is 25.9. The summed E-state index contributed by atoms with van der Waals surface area (Å²) in [6.45, 7) is 13.6.